The van der Waals surface area contributed by atoms with Gasteiger partial charge in [0.2, 0.25) is 6.71 Å². The van der Waals surface area contributed by atoms with Crippen molar-refractivity contribution >= 4 is 25.7 Å². The van der Waals surface area contributed by atoms with E-state index in [2.05, 4.69) is 116 Å². The van der Waals surface area contributed by atoms with Gasteiger partial charge in [0.1, 0.15) is 0 Å². The van der Waals surface area contributed by atoms with Gasteiger partial charge in [-0.15, -0.1) is 0 Å². The fourth-order valence-electron chi connectivity index (χ4n) is 5.70. The second-order valence-corrected chi connectivity index (χ2v) is 16.2. The van der Waals surface area contributed by atoms with Crippen molar-refractivity contribution in [2.45, 2.75) is 73.0 Å². The summed E-state index contributed by atoms with van der Waals surface area (Å²) in [7, 11) is -1.52. The molecule has 0 N–H and O–H groups in total. The third-order valence-electron chi connectivity index (χ3n) is 6.91. The van der Waals surface area contributed by atoms with Gasteiger partial charge in [-0.3, -0.25) is 0 Å². The lowest BCUT2D eigenvalue weighted by Crippen LogP contribution is -2.57. The number of hydrogen-bond acceptors (Lipinski definition) is 0. The summed E-state index contributed by atoms with van der Waals surface area (Å²) in [6.45, 7) is 21.9. The van der Waals surface area contributed by atoms with E-state index in [9.17, 15) is 0 Å². The predicted octanol–water partition coefficient (Wildman–Crippen LogP) is 6.64. The molecule has 1 atom stereocenters. The third kappa shape index (κ3) is 5.23. The van der Waals surface area contributed by atoms with Crippen LogP contribution in [-0.4, -0.2) is 14.8 Å². The zero-order chi connectivity index (χ0) is 22.9. The van der Waals surface area contributed by atoms with E-state index < -0.39 is 8.07 Å². The van der Waals surface area contributed by atoms with E-state index >= 15 is 0 Å². The number of benzene rings is 3. The van der Waals surface area contributed by atoms with E-state index in [1.54, 1.807) is 10.9 Å². The molecule has 0 heterocycles. The Labute approximate surface area is 192 Å². The molecular weight excluding hydrogens is 387 g/mol. The summed E-state index contributed by atoms with van der Waals surface area (Å²) in [5.41, 5.74) is 13.7. The minimum atomic E-state index is -1.52. The van der Waals surface area contributed by atoms with Crippen molar-refractivity contribution < 1.29 is 0 Å². The van der Waals surface area contributed by atoms with E-state index in [0.29, 0.717) is 12.2 Å². The first-order valence-corrected chi connectivity index (χ1v) is 15.3. The molecule has 0 radical (unpaired) electrons. The normalized spacial score (nSPS) is 12.7. The lowest BCUT2D eigenvalue weighted by atomic mass is 9.34. The van der Waals surface area contributed by atoms with Gasteiger partial charge in [0, 0.05) is 8.07 Å². The predicted molar refractivity (Wildman–Crippen MR) is 144 cm³/mol. The maximum atomic E-state index is 2.56. The van der Waals surface area contributed by atoms with E-state index in [1.165, 1.54) is 38.9 Å². The highest BCUT2D eigenvalue weighted by atomic mass is 28.3. The average molecular weight is 427 g/mol. The van der Waals surface area contributed by atoms with Crippen LogP contribution in [0.4, 0.5) is 0 Å². The van der Waals surface area contributed by atoms with Crippen LogP contribution < -0.4 is 10.9 Å². The largest absolute Gasteiger partial charge is 0.211 e. The Morgan fingerprint density at radius 1 is 0.645 bits per heavy atom. The van der Waals surface area contributed by atoms with Crippen molar-refractivity contribution in [2.75, 3.05) is 0 Å². The van der Waals surface area contributed by atoms with E-state index in [-0.39, 0.29) is 0 Å². The van der Waals surface area contributed by atoms with Crippen molar-refractivity contribution in [3.8, 4) is 0 Å². The van der Waals surface area contributed by atoms with Crippen LogP contribution in [0.5, 0.6) is 0 Å². The highest BCUT2D eigenvalue weighted by Crippen LogP contribution is 2.31. The van der Waals surface area contributed by atoms with Gasteiger partial charge >= 0.3 is 0 Å². The number of hydrogen-bond donors (Lipinski definition) is 0. The van der Waals surface area contributed by atoms with Crippen molar-refractivity contribution in [3.63, 3.8) is 0 Å². The fourth-order valence-corrected chi connectivity index (χ4v) is 7.88. The Kier molecular flexibility index (Phi) is 7.01. The fraction of sp³-hybridized carbons (Fsp3) is 0.379. The molecule has 162 valence electrons. The highest BCUT2D eigenvalue weighted by Gasteiger charge is 2.40. The molecule has 0 saturated carbocycles. The third-order valence-corrected chi connectivity index (χ3v) is 9.67. The summed E-state index contributed by atoms with van der Waals surface area (Å²) in [5.74, 6) is 0. The summed E-state index contributed by atoms with van der Waals surface area (Å²) in [5, 5.41) is 0. The molecule has 0 fully saturated rings. The maximum Gasteiger partial charge on any atom is 0.211 e. The second-order valence-electron chi connectivity index (χ2n) is 10.8. The Balaban J connectivity index is 2.32. The molecule has 0 aliphatic heterocycles. The molecule has 0 amide bonds. The number of rotatable bonds is 6. The first-order chi connectivity index (χ1) is 14.5. The molecular formula is C29H39BSi. The molecule has 0 aromatic heterocycles. The number of aryl methyl sites for hydroxylation is 6. The quantitative estimate of drug-likeness (QED) is 0.388. The molecule has 0 aliphatic rings. The highest BCUT2D eigenvalue weighted by molar-refractivity contribution is 7.00. The van der Waals surface area contributed by atoms with Crippen molar-refractivity contribution in [3.05, 3.63) is 93.5 Å². The van der Waals surface area contributed by atoms with Crippen LogP contribution in [0.15, 0.2) is 54.6 Å². The smallest absolute Gasteiger partial charge is 0.0698 e. The Morgan fingerprint density at radius 2 is 1.03 bits per heavy atom. The van der Waals surface area contributed by atoms with Crippen LogP contribution in [0.3, 0.4) is 0 Å². The van der Waals surface area contributed by atoms with E-state index in [4.69, 9.17) is 0 Å². The molecule has 0 bridgehead atoms. The van der Waals surface area contributed by atoms with Crippen LogP contribution in [0, 0.1) is 41.5 Å². The van der Waals surface area contributed by atoms with E-state index in [1.807, 2.05) is 0 Å². The van der Waals surface area contributed by atoms with Gasteiger partial charge in [-0.1, -0.05) is 124 Å². The first-order valence-electron chi connectivity index (χ1n) is 11.7. The van der Waals surface area contributed by atoms with Crippen molar-refractivity contribution in [1.29, 1.82) is 0 Å². The van der Waals surface area contributed by atoms with Crippen LogP contribution in [0.25, 0.3) is 0 Å². The standard InChI is InChI=1S/C29H39BSi/c1-20-15-22(3)28(23(4)16-20)30(29-24(5)17-21(2)18-25(29)6)27(31(7,8)9)19-26-13-11-10-12-14-26/h10-18,27H,19H2,1-9H3. The molecule has 3 aromatic rings. The van der Waals surface area contributed by atoms with Crippen LogP contribution in [0.2, 0.25) is 25.1 Å². The summed E-state index contributed by atoms with van der Waals surface area (Å²) < 4.78 is 0. The summed E-state index contributed by atoms with van der Waals surface area (Å²) in [4.78, 5) is 0. The van der Waals surface area contributed by atoms with Crippen LogP contribution in [-0.2, 0) is 6.42 Å². The molecule has 0 spiro atoms. The molecule has 2 heteroatoms. The van der Waals surface area contributed by atoms with Gasteiger partial charge in [-0.05, 0) is 53.5 Å². The Morgan fingerprint density at radius 3 is 1.39 bits per heavy atom. The van der Waals surface area contributed by atoms with Gasteiger partial charge in [-0.25, -0.2) is 0 Å². The van der Waals surface area contributed by atoms with Crippen LogP contribution in [0.1, 0.15) is 38.9 Å². The Bertz CT molecular complexity index is 956. The second kappa shape index (κ2) is 9.20. The van der Waals surface area contributed by atoms with Gasteiger partial charge in [0.25, 0.3) is 0 Å². The minimum Gasteiger partial charge on any atom is -0.0698 e. The van der Waals surface area contributed by atoms with Gasteiger partial charge in [0.05, 0.1) is 0 Å². The molecule has 0 saturated heterocycles. The Hall–Kier alpha value is -2.06. The molecule has 3 rings (SSSR count). The molecule has 3 aromatic carbocycles. The van der Waals surface area contributed by atoms with Crippen LogP contribution >= 0.6 is 0 Å². The molecule has 0 aliphatic carbocycles. The first kappa shape index (κ1) is 23.6. The molecule has 1 unspecified atom stereocenters. The summed E-state index contributed by atoms with van der Waals surface area (Å²) in [6, 6.07) is 20.7. The SMILES string of the molecule is Cc1cc(C)c(B(c2c(C)cc(C)cc2C)C(Cc2ccccc2)[Si](C)(C)C)c(C)c1. The summed E-state index contributed by atoms with van der Waals surface area (Å²) >= 11 is 0. The van der Waals surface area contributed by atoms with E-state index in [0.717, 1.165) is 6.42 Å². The minimum absolute atomic E-state index is 0.424. The van der Waals surface area contributed by atoms with Crippen molar-refractivity contribution in [2.24, 2.45) is 0 Å². The van der Waals surface area contributed by atoms with Gasteiger partial charge in [-0.2, -0.15) is 0 Å². The average Bonchev–Trinajstić information content (AvgIpc) is 2.63. The van der Waals surface area contributed by atoms with Gasteiger partial charge in [0.15, 0.2) is 0 Å². The zero-order valence-corrected chi connectivity index (χ0v) is 22.1. The topological polar surface area (TPSA) is 0 Å². The lowest BCUT2D eigenvalue weighted by Gasteiger charge is -2.38. The maximum absolute atomic E-state index is 2.56. The lowest BCUT2D eigenvalue weighted by molar-refractivity contribution is 1.01. The molecule has 31 heavy (non-hydrogen) atoms. The zero-order valence-electron chi connectivity index (χ0n) is 21.1. The van der Waals surface area contributed by atoms with Gasteiger partial charge < -0.3 is 0 Å². The monoisotopic (exact) mass is 426 g/mol. The summed E-state index contributed by atoms with van der Waals surface area (Å²) in [6.07, 6.45) is 1.14. The van der Waals surface area contributed by atoms with Crippen molar-refractivity contribution in [1.82, 2.24) is 0 Å². The molecule has 0 nitrogen and oxygen atoms in total.